The Morgan fingerprint density at radius 2 is 1.88 bits per heavy atom. The number of nitrogens with one attached hydrogen (secondary N) is 2. The monoisotopic (exact) mass is 429 g/mol. The van der Waals surface area contributed by atoms with E-state index in [9.17, 15) is 4.39 Å². The second-order valence-corrected chi connectivity index (χ2v) is 7.69. The Balaban J connectivity index is 1.58. The van der Waals surface area contributed by atoms with Crippen LogP contribution in [0.25, 0.3) is 22.6 Å². The molecule has 2 N–H and O–H groups in total. The van der Waals surface area contributed by atoms with Gasteiger partial charge in [0.05, 0.1) is 23.1 Å². The molecule has 0 aliphatic carbocycles. The second-order valence-electron chi connectivity index (χ2n) is 7.69. The third kappa shape index (κ3) is 3.91. The van der Waals surface area contributed by atoms with Gasteiger partial charge in [-0.05, 0) is 55.8 Å². The molecule has 1 aliphatic rings. The van der Waals surface area contributed by atoms with E-state index in [0.29, 0.717) is 5.95 Å². The predicted molar refractivity (Wildman–Crippen MR) is 123 cm³/mol. The molecule has 4 heterocycles. The number of imidazole rings is 1. The lowest BCUT2D eigenvalue weighted by Crippen LogP contribution is -2.17. The van der Waals surface area contributed by atoms with Crippen LogP contribution in [0.3, 0.4) is 0 Å². The highest BCUT2D eigenvalue weighted by Gasteiger charge is 2.30. The maximum atomic E-state index is 13.6. The van der Waals surface area contributed by atoms with Gasteiger partial charge in [0.1, 0.15) is 17.5 Å². The topological polar surface area (TPSA) is 80.5 Å². The normalized spacial score (nSPS) is 14.9. The van der Waals surface area contributed by atoms with Crippen LogP contribution in [-0.4, -0.2) is 37.6 Å². The van der Waals surface area contributed by atoms with Gasteiger partial charge in [0.15, 0.2) is 0 Å². The Labute approximate surface area is 185 Å². The van der Waals surface area contributed by atoms with E-state index in [2.05, 4.69) is 25.2 Å². The average molecular weight is 430 g/mol. The number of fused-ring (bicyclic) bond motifs is 1. The van der Waals surface area contributed by atoms with Gasteiger partial charge < -0.3 is 15.2 Å². The van der Waals surface area contributed by atoms with E-state index in [1.807, 2.05) is 31.2 Å². The smallest absolute Gasteiger partial charge is 0.223 e. The van der Waals surface area contributed by atoms with Crippen LogP contribution in [0.5, 0.6) is 0 Å². The van der Waals surface area contributed by atoms with Gasteiger partial charge in [-0.25, -0.2) is 24.3 Å². The molecular weight excluding hydrogens is 405 g/mol. The lowest BCUT2D eigenvalue weighted by Gasteiger charge is -2.18. The highest BCUT2D eigenvalue weighted by molar-refractivity contribution is 5.78. The number of rotatable bonds is 7. The molecule has 0 fully saturated rings. The van der Waals surface area contributed by atoms with Crippen molar-refractivity contribution in [1.29, 1.82) is 0 Å². The summed E-state index contributed by atoms with van der Waals surface area (Å²) < 4.78 is 15.9. The molecule has 0 radical (unpaired) electrons. The quantitative estimate of drug-likeness (QED) is 0.448. The van der Waals surface area contributed by atoms with E-state index in [1.165, 1.54) is 12.1 Å². The number of pyridine rings is 1. The summed E-state index contributed by atoms with van der Waals surface area (Å²) in [6.45, 7) is 3.46. The number of hydrogen-bond acceptors (Lipinski definition) is 6. The second kappa shape index (κ2) is 8.74. The minimum Gasteiger partial charge on any atom is -0.368 e. The first kappa shape index (κ1) is 20.1. The van der Waals surface area contributed by atoms with Gasteiger partial charge in [-0.1, -0.05) is 6.07 Å². The maximum absolute atomic E-state index is 13.6. The van der Waals surface area contributed by atoms with Crippen LogP contribution in [0.4, 0.5) is 16.2 Å². The van der Waals surface area contributed by atoms with Crippen molar-refractivity contribution in [2.45, 2.75) is 25.8 Å². The van der Waals surface area contributed by atoms with Crippen molar-refractivity contribution in [3.8, 4) is 22.6 Å². The number of halogens is 1. The van der Waals surface area contributed by atoms with Crippen LogP contribution in [0.15, 0.2) is 60.9 Å². The molecule has 8 heteroatoms. The summed E-state index contributed by atoms with van der Waals surface area (Å²) in [6.07, 6.45) is 5.38. The fourth-order valence-electron chi connectivity index (χ4n) is 4.14. The number of benzene rings is 1. The van der Waals surface area contributed by atoms with Crippen molar-refractivity contribution in [2.24, 2.45) is 0 Å². The van der Waals surface area contributed by atoms with Crippen LogP contribution in [0.1, 0.15) is 25.2 Å². The van der Waals surface area contributed by atoms with Crippen LogP contribution >= 0.6 is 0 Å². The number of aromatic nitrogens is 5. The molecule has 7 nitrogen and oxygen atoms in total. The molecule has 4 aromatic rings. The molecule has 0 saturated carbocycles. The number of nitrogens with zero attached hydrogens (tertiary/aromatic N) is 5. The molecule has 1 atom stereocenters. The third-order valence-corrected chi connectivity index (χ3v) is 5.58. The summed E-state index contributed by atoms with van der Waals surface area (Å²) in [7, 11) is 0. The van der Waals surface area contributed by atoms with Crippen molar-refractivity contribution in [3.05, 3.63) is 72.6 Å². The molecule has 0 saturated heterocycles. The molecular formula is C24H24FN7. The molecule has 1 aliphatic heterocycles. The Kier molecular flexibility index (Phi) is 5.49. The minimum absolute atomic E-state index is 0.196. The Hall–Kier alpha value is -3.81. The summed E-state index contributed by atoms with van der Waals surface area (Å²) in [6, 6.07) is 14.4. The average Bonchev–Trinajstić information content (AvgIpc) is 3.39. The SMILES string of the molecule is CCNc1nccc(-c2c(-c3ccc(F)cc3)nc3n2[C@H](CNc2ccccn2)CC3)n1. The molecule has 0 bridgehead atoms. The lowest BCUT2D eigenvalue weighted by atomic mass is 10.1. The molecule has 3 aromatic heterocycles. The Morgan fingerprint density at radius 3 is 2.66 bits per heavy atom. The zero-order valence-electron chi connectivity index (χ0n) is 17.8. The number of hydrogen-bond donors (Lipinski definition) is 2. The van der Waals surface area contributed by atoms with E-state index >= 15 is 0 Å². The van der Waals surface area contributed by atoms with Crippen LogP contribution in [0, 0.1) is 5.82 Å². The molecule has 162 valence electrons. The maximum Gasteiger partial charge on any atom is 0.223 e. The lowest BCUT2D eigenvalue weighted by molar-refractivity contribution is 0.558. The van der Waals surface area contributed by atoms with Crippen LogP contribution in [0.2, 0.25) is 0 Å². The first-order chi connectivity index (χ1) is 15.7. The highest BCUT2D eigenvalue weighted by Crippen LogP contribution is 2.39. The van der Waals surface area contributed by atoms with Gasteiger partial charge in [-0.15, -0.1) is 0 Å². The van der Waals surface area contributed by atoms with Crippen molar-refractivity contribution < 1.29 is 4.39 Å². The largest absolute Gasteiger partial charge is 0.368 e. The molecule has 32 heavy (non-hydrogen) atoms. The van der Waals surface area contributed by atoms with E-state index in [1.54, 1.807) is 24.5 Å². The van der Waals surface area contributed by atoms with E-state index in [0.717, 1.165) is 60.2 Å². The fraction of sp³-hybridized carbons (Fsp3) is 0.250. The summed E-state index contributed by atoms with van der Waals surface area (Å²) in [5.74, 6) is 2.16. The van der Waals surface area contributed by atoms with E-state index < -0.39 is 0 Å². The Bertz CT molecular complexity index is 1210. The fourth-order valence-corrected chi connectivity index (χ4v) is 4.14. The van der Waals surface area contributed by atoms with E-state index in [4.69, 9.17) is 9.97 Å². The highest BCUT2D eigenvalue weighted by atomic mass is 19.1. The summed E-state index contributed by atoms with van der Waals surface area (Å²) >= 11 is 0. The van der Waals surface area contributed by atoms with E-state index in [-0.39, 0.29) is 11.9 Å². The van der Waals surface area contributed by atoms with Crippen molar-refractivity contribution in [1.82, 2.24) is 24.5 Å². The van der Waals surface area contributed by atoms with Crippen molar-refractivity contribution in [3.63, 3.8) is 0 Å². The molecule has 1 aromatic carbocycles. The summed E-state index contributed by atoms with van der Waals surface area (Å²) in [4.78, 5) is 18.4. The van der Waals surface area contributed by atoms with Gasteiger partial charge in [-0.3, -0.25) is 0 Å². The van der Waals surface area contributed by atoms with Crippen molar-refractivity contribution in [2.75, 3.05) is 23.7 Å². The minimum atomic E-state index is -0.268. The van der Waals surface area contributed by atoms with Gasteiger partial charge >= 0.3 is 0 Å². The first-order valence-corrected chi connectivity index (χ1v) is 10.8. The molecule has 0 unspecified atom stereocenters. The van der Waals surface area contributed by atoms with Gasteiger partial charge in [-0.2, -0.15) is 0 Å². The molecule has 0 amide bonds. The number of anilines is 2. The predicted octanol–water partition coefficient (Wildman–Crippen LogP) is 4.57. The van der Waals surface area contributed by atoms with Crippen LogP contribution in [-0.2, 0) is 6.42 Å². The first-order valence-electron chi connectivity index (χ1n) is 10.8. The molecule has 0 spiro atoms. The zero-order valence-corrected chi connectivity index (χ0v) is 17.8. The zero-order chi connectivity index (χ0) is 21.9. The van der Waals surface area contributed by atoms with Crippen molar-refractivity contribution >= 4 is 11.8 Å². The van der Waals surface area contributed by atoms with Gasteiger partial charge in [0.25, 0.3) is 0 Å². The molecule has 5 rings (SSSR count). The summed E-state index contributed by atoms with van der Waals surface area (Å²) in [5.41, 5.74) is 3.39. The van der Waals surface area contributed by atoms with Crippen LogP contribution < -0.4 is 10.6 Å². The third-order valence-electron chi connectivity index (χ3n) is 5.58. The van der Waals surface area contributed by atoms with Gasteiger partial charge in [0.2, 0.25) is 5.95 Å². The van der Waals surface area contributed by atoms with Gasteiger partial charge in [0, 0.05) is 37.5 Å². The summed E-state index contributed by atoms with van der Waals surface area (Å²) in [5, 5.41) is 6.62. The Morgan fingerprint density at radius 1 is 1.00 bits per heavy atom. The number of aryl methyl sites for hydroxylation is 1. The standard InChI is InChI=1S/C24H24FN7/c1-2-26-24-28-14-12-19(30-24)23-22(16-6-8-17(25)9-7-16)31-21-11-10-18(32(21)23)15-29-20-5-3-4-13-27-20/h3-9,12-14,18H,2,10-11,15H2,1H3,(H,27,29)(H,26,28,30)/t18-/m0/s1.